The number of fused-ring (bicyclic) bond motifs is 1. The first-order chi connectivity index (χ1) is 7.93. The summed E-state index contributed by atoms with van der Waals surface area (Å²) in [5, 5.41) is 24.8. The maximum atomic E-state index is 10.6. The molecule has 2 N–H and O–H groups in total. The molecule has 0 saturated heterocycles. The van der Waals surface area contributed by atoms with Crippen LogP contribution in [0.4, 0.5) is 17.3 Å². The monoisotopic (exact) mass is 238 g/mol. The number of nitrogens with zero attached hydrogens (tertiary/aromatic N) is 5. The number of anilines is 1. The summed E-state index contributed by atoms with van der Waals surface area (Å²) >= 11 is 0. The maximum Gasteiger partial charge on any atom is 0.395 e. The predicted octanol–water partition coefficient (Wildman–Crippen LogP) is 0.436. The zero-order valence-corrected chi connectivity index (χ0v) is 8.52. The molecule has 10 heteroatoms. The largest absolute Gasteiger partial charge is 0.395 e. The molecule has 0 aliphatic rings. The smallest absolute Gasteiger partial charge is 0.376 e. The van der Waals surface area contributed by atoms with E-state index in [0.717, 1.165) is 10.7 Å². The lowest BCUT2D eigenvalue weighted by atomic mass is 10.3. The highest BCUT2D eigenvalue weighted by molar-refractivity contribution is 5.63. The fourth-order valence-electron chi connectivity index (χ4n) is 1.41. The minimum absolute atomic E-state index is 0.125. The van der Waals surface area contributed by atoms with Gasteiger partial charge in [-0.15, -0.1) is 0 Å². The minimum Gasteiger partial charge on any atom is -0.376 e. The normalized spacial score (nSPS) is 10.6. The highest BCUT2D eigenvalue weighted by Gasteiger charge is 2.26. The van der Waals surface area contributed by atoms with Crippen molar-refractivity contribution in [2.75, 3.05) is 5.73 Å². The Hall–Kier alpha value is -2.78. The molecule has 0 radical (unpaired) electrons. The molecule has 2 aromatic heterocycles. The first-order valence-electron chi connectivity index (χ1n) is 4.36. The van der Waals surface area contributed by atoms with E-state index in [1.807, 2.05) is 0 Å². The van der Waals surface area contributed by atoms with Crippen LogP contribution in [0.25, 0.3) is 5.65 Å². The van der Waals surface area contributed by atoms with Crippen molar-refractivity contribution in [2.24, 2.45) is 0 Å². The van der Waals surface area contributed by atoms with Gasteiger partial charge in [0.05, 0.1) is 15.6 Å². The average Bonchev–Trinajstić information content (AvgIpc) is 2.57. The van der Waals surface area contributed by atoms with Crippen LogP contribution in [-0.4, -0.2) is 24.4 Å². The fraction of sp³-hybridized carbons (Fsp3) is 0.143. The molecule has 0 spiro atoms. The molecule has 2 rings (SSSR count). The summed E-state index contributed by atoms with van der Waals surface area (Å²) in [5.41, 5.74) is 5.38. The predicted molar refractivity (Wildman–Crippen MR) is 55.4 cm³/mol. The molecule has 2 aromatic rings. The Kier molecular flexibility index (Phi) is 2.12. The van der Waals surface area contributed by atoms with E-state index >= 15 is 0 Å². The van der Waals surface area contributed by atoms with Crippen molar-refractivity contribution in [1.29, 1.82) is 0 Å². The summed E-state index contributed by atoms with van der Waals surface area (Å²) < 4.78 is 0.894. The van der Waals surface area contributed by atoms with Gasteiger partial charge in [0.25, 0.3) is 0 Å². The highest BCUT2D eigenvalue weighted by atomic mass is 16.6. The summed E-state index contributed by atoms with van der Waals surface area (Å²) in [7, 11) is 0. The van der Waals surface area contributed by atoms with Crippen molar-refractivity contribution in [1.82, 2.24) is 14.6 Å². The molecule has 10 nitrogen and oxygen atoms in total. The van der Waals surface area contributed by atoms with E-state index in [-0.39, 0.29) is 17.0 Å². The zero-order chi connectivity index (χ0) is 12.7. The topological polar surface area (TPSA) is 142 Å². The quantitative estimate of drug-likeness (QED) is 0.590. The molecule has 17 heavy (non-hydrogen) atoms. The van der Waals surface area contributed by atoms with Gasteiger partial charge in [-0.25, -0.2) is 4.98 Å². The lowest BCUT2D eigenvalue weighted by Crippen LogP contribution is -2.05. The Morgan fingerprint density at radius 2 is 2.00 bits per heavy atom. The highest BCUT2D eigenvalue weighted by Crippen LogP contribution is 2.26. The zero-order valence-electron chi connectivity index (χ0n) is 8.52. The van der Waals surface area contributed by atoms with Crippen LogP contribution in [0.15, 0.2) is 6.20 Å². The molecular formula is C7H6N6O4. The van der Waals surface area contributed by atoms with Crippen LogP contribution in [0.1, 0.15) is 5.56 Å². The van der Waals surface area contributed by atoms with Gasteiger partial charge in [-0.2, -0.15) is 0 Å². The lowest BCUT2D eigenvalue weighted by molar-refractivity contribution is -0.390. The van der Waals surface area contributed by atoms with Gasteiger partial charge in [0, 0.05) is 0 Å². The Morgan fingerprint density at radius 1 is 1.35 bits per heavy atom. The van der Waals surface area contributed by atoms with Crippen LogP contribution in [0.2, 0.25) is 0 Å². The van der Waals surface area contributed by atoms with E-state index in [1.54, 1.807) is 0 Å². The van der Waals surface area contributed by atoms with Crippen LogP contribution in [0.3, 0.4) is 0 Å². The molecule has 0 bridgehead atoms. The van der Waals surface area contributed by atoms with Gasteiger partial charge < -0.3 is 15.8 Å². The van der Waals surface area contributed by atoms with Crippen molar-refractivity contribution < 1.29 is 9.85 Å². The first-order valence-corrected chi connectivity index (χ1v) is 4.36. The van der Waals surface area contributed by atoms with Crippen molar-refractivity contribution >= 4 is 23.0 Å². The van der Waals surface area contributed by atoms with E-state index in [1.165, 1.54) is 6.92 Å². The number of nitrogens with two attached hydrogens (primary N) is 1. The summed E-state index contributed by atoms with van der Waals surface area (Å²) in [6.45, 7) is 1.44. The third-order valence-electron chi connectivity index (χ3n) is 2.24. The Labute approximate surface area is 93.0 Å². The van der Waals surface area contributed by atoms with Gasteiger partial charge in [0.15, 0.2) is 5.65 Å². The standard InChI is InChI=1S/C7H6N6O4/c1-3-6-9-2-4(12(14)15)5(8)11(6)10-7(3)13(16)17/h2H,8H2,1H3. The van der Waals surface area contributed by atoms with Crippen LogP contribution in [-0.2, 0) is 0 Å². The molecule has 0 atom stereocenters. The van der Waals surface area contributed by atoms with E-state index in [4.69, 9.17) is 5.73 Å². The minimum atomic E-state index is -0.732. The number of aryl methyl sites for hydroxylation is 1. The van der Waals surface area contributed by atoms with Gasteiger partial charge in [0.2, 0.25) is 5.82 Å². The number of nitrogen functional groups attached to an aromatic ring is 1. The molecule has 0 aliphatic heterocycles. The second-order valence-electron chi connectivity index (χ2n) is 3.23. The molecule has 0 fully saturated rings. The summed E-state index contributed by atoms with van der Waals surface area (Å²) in [5.74, 6) is -0.721. The van der Waals surface area contributed by atoms with E-state index in [2.05, 4.69) is 10.1 Å². The SMILES string of the molecule is Cc1c([N+](=O)[O-])nn2c(N)c([N+](=O)[O-])cnc12. The van der Waals surface area contributed by atoms with Crippen LogP contribution >= 0.6 is 0 Å². The van der Waals surface area contributed by atoms with E-state index in [0.29, 0.717) is 0 Å². The van der Waals surface area contributed by atoms with E-state index < -0.39 is 21.4 Å². The van der Waals surface area contributed by atoms with Gasteiger partial charge in [0.1, 0.15) is 6.20 Å². The lowest BCUT2D eigenvalue weighted by Gasteiger charge is -1.95. The van der Waals surface area contributed by atoms with Crippen molar-refractivity contribution in [3.8, 4) is 0 Å². The van der Waals surface area contributed by atoms with Crippen molar-refractivity contribution in [2.45, 2.75) is 6.92 Å². The summed E-state index contributed by atoms with van der Waals surface area (Å²) in [4.78, 5) is 23.6. The fourth-order valence-corrected chi connectivity index (χ4v) is 1.41. The number of hydrogen-bond donors (Lipinski definition) is 1. The number of aromatic nitrogens is 3. The molecule has 0 unspecified atom stereocenters. The first kappa shape index (κ1) is 10.7. The number of rotatable bonds is 2. The van der Waals surface area contributed by atoms with Crippen LogP contribution in [0, 0.1) is 27.2 Å². The molecular weight excluding hydrogens is 232 g/mol. The Bertz CT molecular complexity index is 647. The van der Waals surface area contributed by atoms with Gasteiger partial charge >= 0.3 is 11.5 Å². The number of nitro groups is 2. The summed E-state index contributed by atoms with van der Waals surface area (Å²) in [6.07, 6.45) is 0.947. The molecule has 0 saturated carbocycles. The van der Waals surface area contributed by atoms with E-state index in [9.17, 15) is 20.2 Å². The second kappa shape index (κ2) is 3.37. The molecule has 0 aliphatic carbocycles. The van der Waals surface area contributed by atoms with Crippen LogP contribution < -0.4 is 5.73 Å². The van der Waals surface area contributed by atoms with Gasteiger partial charge in [-0.1, -0.05) is 4.52 Å². The molecule has 0 amide bonds. The van der Waals surface area contributed by atoms with Gasteiger partial charge in [-0.05, 0) is 11.8 Å². The maximum absolute atomic E-state index is 10.6. The Balaban J connectivity index is 2.84. The molecule has 88 valence electrons. The Morgan fingerprint density at radius 3 is 2.53 bits per heavy atom. The van der Waals surface area contributed by atoms with Crippen molar-refractivity contribution in [3.63, 3.8) is 0 Å². The second-order valence-corrected chi connectivity index (χ2v) is 3.23. The third kappa shape index (κ3) is 1.42. The summed E-state index contributed by atoms with van der Waals surface area (Å²) in [6, 6.07) is 0. The molecule has 2 heterocycles. The van der Waals surface area contributed by atoms with Crippen LogP contribution in [0.5, 0.6) is 0 Å². The number of hydrogen-bond acceptors (Lipinski definition) is 7. The van der Waals surface area contributed by atoms with Crippen molar-refractivity contribution in [3.05, 3.63) is 32.0 Å². The third-order valence-corrected chi connectivity index (χ3v) is 2.24. The van der Waals surface area contributed by atoms with Gasteiger partial charge in [-0.3, -0.25) is 10.1 Å². The average molecular weight is 238 g/mol. The molecule has 0 aromatic carbocycles.